The zero-order chi connectivity index (χ0) is 23.4. The van der Waals surface area contributed by atoms with Crippen LogP contribution in [-0.2, 0) is 6.54 Å². The molecule has 0 saturated carbocycles. The number of benzene rings is 2. The summed E-state index contributed by atoms with van der Waals surface area (Å²) in [4.78, 5) is 37.1. The lowest BCUT2D eigenvalue weighted by Gasteiger charge is -2.34. The summed E-state index contributed by atoms with van der Waals surface area (Å²) in [6, 6.07) is 7.67. The van der Waals surface area contributed by atoms with Gasteiger partial charge in [0.1, 0.15) is 17.2 Å². The first-order valence-electron chi connectivity index (χ1n) is 10.2. The van der Waals surface area contributed by atoms with Crippen LogP contribution in [-0.4, -0.2) is 5.91 Å². The van der Waals surface area contributed by atoms with E-state index in [-0.39, 0.29) is 34.6 Å². The summed E-state index contributed by atoms with van der Waals surface area (Å²) in [5.74, 6) is -0.611. The van der Waals surface area contributed by atoms with Crippen molar-refractivity contribution >= 4 is 34.6 Å². The molecule has 6 nitrogen and oxygen atoms in total. The molecule has 0 aliphatic carbocycles. The third-order valence-electron chi connectivity index (χ3n) is 5.75. The van der Waals surface area contributed by atoms with Gasteiger partial charge in [0.2, 0.25) is 0 Å². The largest absolute Gasteiger partial charge is 0.373 e. The van der Waals surface area contributed by atoms with E-state index in [9.17, 15) is 18.8 Å². The number of rotatable bonds is 5. The molecule has 0 aromatic heterocycles. The Bertz CT molecular complexity index is 1320. The fraction of sp³-hybridized carbons (Fsp3) is 0.292. The standard InChI is InChI=1S/C24H23ClFN3O3/c1-11-9-12(5-7-15(11)26)22(24(2,3)4)29-19-18(20(30)21(19)31)28-16-8-6-14(25)13-10-27-23(32)17(13)16/h5-9,22,28-29H,10H2,1-4H3,(H,27,32)/t22-/m0/s1. The Hall–Kier alpha value is -3.19. The van der Waals surface area contributed by atoms with Gasteiger partial charge in [-0.15, -0.1) is 0 Å². The van der Waals surface area contributed by atoms with Gasteiger partial charge in [0, 0.05) is 17.1 Å². The van der Waals surface area contributed by atoms with Gasteiger partial charge in [-0.2, -0.15) is 0 Å². The summed E-state index contributed by atoms with van der Waals surface area (Å²) in [5.41, 5.74) is 1.25. The maximum atomic E-state index is 13.8. The molecule has 1 atom stereocenters. The van der Waals surface area contributed by atoms with E-state index in [0.29, 0.717) is 33.9 Å². The van der Waals surface area contributed by atoms with E-state index in [0.717, 1.165) is 5.56 Å². The summed E-state index contributed by atoms with van der Waals surface area (Å²) in [6.07, 6.45) is 0. The van der Waals surface area contributed by atoms with E-state index in [4.69, 9.17) is 11.6 Å². The zero-order valence-electron chi connectivity index (χ0n) is 18.2. The molecule has 0 fully saturated rings. The van der Waals surface area contributed by atoms with E-state index in [2.05, 4.69) is 16.0 Å². The predicted molar refractivity (Wildman–Crippen MR) is 124 cm³/mol. The first-order valence-corrected chi connectivity index (χ1v) is 10.6. The molecule has 3 aromatic carbocycles. The van der Waals surface area contributed by atoms with Crippen LogP contribution >= 0.6 is 11.6 Å². The summed E-state index contributed by atoms with van der Waals surface area (Å²) < 4.78 is 13.8. The van der Waals surface area contributed by atoms with Crippen LogP contribution < -0.4 is 26.8 Å². The molecule has 0 spiro atoms. The van der Waals surface area contributed by atoms with Crippen molar-refractivity contribution in [3.63, 3.8) is 0 Å². The van der Waals surface area contributed by atoms with Gasteiger partial charge in [-0.1, -0.05) is 44.5 Å². The Morgan fingerprint density at radius 1 is 1.06 bits per heavy atom. The summed E-state index contributed by atoms with van der Waals surface area (Å²) >= 11 is 6.19. The number of fused-ring (bicyclic) bond motifs is 1. The molecule has 1 aliphatic rings. The monoisotopic (exact) mass is 455 g/mol. The van der Waals surface area contributed by atoms with E-state index < -0.39 is 10.9 Å². The highest BCUT2D eigenvalue weighted by atomic mass is 35.5. The molecule has 0 unspecified atom stereocenters. The van der Waals surface area contributed by atoms with Gasteiger partial charge in [-0.3, -0.25) is 14.4 Å². The van der Waals surface area contributed by atoms with Crippen LogP contribution in [0.5, 0.6) is 0 Å². The van der Waals surface area contributed by atoms with Crippen LogP contribution in [0.3, 0.4) is 0 Å². The molecule has 166 valence electrons. The number of carbonyl (C=O) groups is 1. The average Bonchev–Trinajstić information content (AvgIpc) is 3.12. The van der Waals surface area contributed by atoms with Crippen molar-refractivity contribution < 1.29 is 9.18 Å². The maximum Gasteiger partial charge on any atom is 0.254 e. The van der Waals surface area contributed by atoms with Gasteiger partial charge >= 0.3 is 0 Å². The minimum absolute atomic E-state index is 0.0901. The predicted octanol–water partition coefficient (Wildman–Crippen LogP) is 4.57. The number of amides is 1. The third kappa shape index (κ3) is 3.66. The Balaban J connectivity index is 1.72. The lowest BCUT2D eigenvalue weighted by Crippen LogP contribution is -2.39. The smallest absolute Gasteiger partial charge is 0.254 e. The van der Waals surface area contributed by atoms with Crippen molar-refractivity contribution in [3.05, 3.63) is 83.9 Å². The number of halogens is 2. The first-order chi connectivity index (χ1) is 15.0. The molecule has 32 heavy (non-hydrogen) atoms. The second-order valence-electron chi connectivity index (χ2n) is 9.12. The number of nitrogens with one attached hydrogen (secondary N) is 3. The average molecular weight is 456 g/mol. The van der Waals surface area contributed by atoms with Crippen LogP contribution in [0.1, 0.15) is 53.9 Å². The maximum absolute atomic E-state index is 13.8. The van der Waals surface area contributed by atoms with Crippen LogP contribution in [0.15, 0.2) is 39.9 Å². The fourth-order valence-corrected chi connectivity index (χ4v) is 4.22. The molecule has 8 heteroatoms. The number of hydrogen-bond donors (Lipinski definition) is 3. The van der Waals surface area contributed by atoms with E-state index in [1.165, 1.54) is 6.07 Å². The lowest BCUT2D eigenvalue weighted by molar-refractivity contribution is 0.0966. The third-order valence-corrected chi connectivity index (χ3v) is 6.10. The van der Waals surface area contributed by atoms with E-state index >= 15 is 0 Å². The second-order valence-corrected chi connectivity index (χ2v) is 9.52. The number of anilines is 3. The normalized spacial score (nSPS) is 14.2. The molecule has 0 saturated heterocycles. The van der Waals surface area contributed by atoms with Gasteiger partial charge in [0.25, 0.3) is 16.8 Å². The molecule has 4 rings (SSSR count). The molecule has 3 aromatic rings. The minimum Gasteiger partial charge on any atom is -0.373 e. The van der Waals surface area contributed by atoms with Crippen LogP contribution in [0.2, 0.25) is 5.02 Å². The Morgan fingerprint density at radius 3 is 2.41 bits per heavy atom. The van der Waals surface area contributed by atoms with Crippen LogP contribution in [0, 0.1) is 18.2 Å². The second kappa shape index (κ2) is 7.74. The number of aryl methyl sites for hydroxylation is 1. The first kappa shape index (κ1) is 22.0. The lowest BCUT2D eigenvalue weighted by atomic mass is 9.81. The molecule has 0 bridgehead atoms. The molecule has 0 radical (unpaired) electrons. The molecule has 1 aliphatic heterocycles. The number of carbonyl (C=O) groups excluding carboxylic acids is 1. The minimum atomic E-state index is -0.669. The van der Waals surface area contributed by atoms with Crippen molar-refractivity contribution in [1.29, 1.82) is 0 Å². The van der Waals surface area contributed by atoms with Crippen molar-refractivity contribution in [2.75, 3.05) is 10.6 Å². The Labute approximate surface area is 189 Å². The molecule has 1 amide bonds. The Kier molecular flexibility index (Phi) is 5.33. The SMILES string of the molecule is Cc1cc([C@H](Nc2c(Nc3ccc(Cl)c4c3C(=O)NC4)c(=O)c2=O)C(C)(C)C)ccc1F. The van der Waals surface area contributed by atoms with Gasteiger partial charge in [0.05, 0.1) is 17.3 Å². The fourth-order valence-electron chi connectivity index (χ4n) is 3.99. The van der Waals surface area contributed by atoms with Crippen molar-refractivity contribution in [1.82, 2.24) is 5.32 Å². The van der Waals surface area contributed by atoms with E-state index in [1.807, 2.05) is 20.8 Å². The van der Waals surface area contributed by atoms with Gasteiger partial charge in [-0.25, -0.2) is 4.39 Å². The van der Waals surface area contributed by atoms with Crippen LogP contribution in [0.25, 0.3) is 0 Å². The summed E-state index contributed by atoms with van der Waals surface area (Å²) in [6.45, 7) is 7.93. The number of hydrogen-bond acceptors (Lipinski definition) is 5. The van der Waals surface area contributed by atoms with Crippen molar-refractivity contribution in [3.8, 4) is 0 Å². The van der Waals surface area contributed by atoms with Gasteiger partial charge < -0.3 is 16.0 Å². The van der Waals surface area contributed by atoms with Gasteiger partial charge in [0.15, 0.2) is 0 Å². The highest BCUT2D eigenvalue weighted by molar-refractivity contribution is 6.32. The zero-order valence-corrected chi connectivity index (χ0v) is 18.9. The Morgan fingerprint density at radius 2 is 1.75 bits per heavy atom. The van der Waals surface area contributed by atoms with Crippen LogP contribution in [0.4, 0.5) is 21.5 Å². The molecular weight excluding hydrogens is 433 g/mol. The highest BCUT2D eigenvalue weighted by Gasteiger charge is 2.32. The van der Waals surface area contributed by atoms with Crippen molar-refractivity contribution in [2.24, 2.45) is 5.41 Å². The summed E-state index contributed by atoms with van der Waals surface area (Å²) in [7, 11) is 0. The van der Waals surface area contributed by atoms with E-state index in [1.54, 1.807) is 31.2 Å². The van der Waals surface area contributed by atoms with Crippen molar-refractivity contribution in [2.45, 2.75) is 40.3 Å². The summed E-state index contributed by atoms with van der Waals surface area (Å²) in [5, 5.41) is 9.32. The highest BCUT2D eigenvalue weighted by Crippen LogP contribution is 2.38. The van der Waals surface area contributed by atoms with Gasteiger partial charge in [-0.05, 0) is 41.7 Å². The molecular formula is C24H23ClFN3O3. The molecule has 1 heterocycles. The quantitative estimate of drug-likeness (QED) is 0.490. The topological polar surface area (TPSA) is 87.3 Å². The molecule has 3 N–H and O–H groups in total.